The molecule has 1 N–H and O–H groups in total. The summed E-state index contributed by atoms with van der Waals surface area (Å²) in [4.78, 5) is 0. The molecule has 1 atom stereocenters. The highest BCUT2D eigenvalue weighted by Gasteiger charge is 2.21. The molecule has 0 saturated heterocycles. The maximum atomic E-state index is 9.91. The first-order valence-electron chi connectivity index (χ1n) is 9.13. The van der Waals surface area contributed by atoms with Gasteiger partial charge in [-0.05, 0) is 50.1 Å². The van der Waals surface area contributed by atoms with Crippen LogP contribution in [0.1, 0.15) is 38.8 Å². The van der Waals surface area contributed by atoms with Crippen molar-refractivity contribution in [3.05, 3.63) is 48.0 Å². The minimum atomic E-state index is 0.274. The van der Waals surface area contributed by atoms with Gasteiger partial charge in [-0.15, -0.1) is 0 Å². The molecule has 3 aromatic rings. The van der Waals surface area contributed by atoms with Crippen LogP contribution in [0.15, 0.2) is 42.5 Å². The minimum absolute atomic E-state index is 0.274. The number of hydrogen-bond acceptors (Lipinski definition) is 3. The van der Waals surface area contributed by atoms with Crippen LogP contribution in [0.4, 0.5) is 5.69 Å². The number of nitriles is 1. The van der Waals surface area contributed by atoms with Gasteiger partial charge in [0, 0.05) is 30.2 Å². The van der Waals surface area contributed by atoms with Gasteiger partial charge >= 0.3 is 0 Å². The Balaban J connectivity index is 2.33. The predicted molar refractivity (Wildman–Crippen MR) is 108 cm³/mol. The van der Waals surface area contributed by atoms with E-state index in [0.29, 0.717) is 6.61 Å². The van der Waals surface area contributed by atoms with Gasteiger partial charge in [-0.3, -0.25) is 0 Å². The number of hydrogen-bond donors (Lipinski definition) is 1. The van der Waals surface area contributed by atoms with Crippen LogP contribution in [0.3, 0.4) is 0 Å². The number of benzene rings is 2. The molecule has 134 valence electrons. The SMILES string of the molecule is CCOc1ccc2c(C#N)c(-c3ccc(NC)cc3)n(C(C)CC)c2c1. The molecule has 1 heterocycles. The van der Waals surface area contributed by atoms with E-state index in [0.717, 1.165) is 45.6 Å². The van der Waals surface area contributed by atoms with E-state index in [9.17, 15) is 5.26 Å². The van der Waals surface area contributed by atoms with Crippen LogP contribution in [0.5, 0.6) is 5.75 Å². The lowest BCUT2D eigenvalue weighted by molar-refractivity contribution is 0.340. The molecule has 0 amide bonds. The highest BCUT2D eigenvalue weighted by atomic mass is 16.5. The van der Waals surface area contributed by atoms with Crippen molar-refractivity contribution in [2.24, 2.45) is 0 Å². The van der Waals surface area contributed by atoms with E-state index in [1.54, 1.807) is 0 Å². The molecule has 26 heavy (non-hydrogen) atoms. The van der Waals surface area contributed by atoms with Gasteiger partial charge in [-0.2, -0.15) is 5.26 Å². The Morgan fingerprint density at radius 2 is 1.88 bits per heavy atom. The number of nitrogens with zero attached hydrogens (tertiary/aromatic N) is 2. The van der Waals surface area contributed by atoms with E-state index in [2.05, 4.69) is 48.0 Å². The summed E-state index contributed by atoms with van der Waals surface area (Å²) in [5.41, 5.74) is 4.86. The summed E-state index contributed by atoms with van der Waals surface area (Å²) in [6.07, 6.45) is 0.981. The molecule has 4 heteroatoms. The fourth-order valence-electron chi connectivity index (χ4n) is 3.38. The maximum Gasteiger partial charge on any atom is 0.121 e. The van der Waals surface area contributed by atoms with Crippen molar-refractivity contribution in [3.8, 4) is 23.1 Å². The Labute approximate surface area is 155 Å². The summed E-state index contributed by atoms with van der Waals surface area (Å²) in [5, 5.41) is 14.0. The average Bonchev–Trinajstić information content (AvgIpc) is 3.01. The summed E-state index contributed by atoms with van der Waals surface area (Å²) in [7, 11) is 1.90. The zero-order valence-electron chi connectivity index (χ0n) is 15.8. The van der Waals surface area contributed by atoms with Crippen molar-refractivity contribution in [2.45, 2.75) is 33.2 Å². The van der Waals surface area contributed by atoms with Gasteiger partial charge < -0.3 is 14.6 Å². The third kappa shape index (κ3) is 3.01. The summed E-state index contributed by atoms with van der Waals surface area (Å²) in [6.45, 7) is 6.97. The molecule has 0 aliphatic carbocycles. The van der Waals surface area contributed by atoms with Crippen LogP contribution < -0.4 is 10.1 Å². The highest BCUT2D eigenvalue weighted by molar-refractivity contribution is 5.95. The first-order chi connectivity index (χ1) is 12.6. The van der Waals surface area contributed by atoms with Gasteiger partial charge in [0.1, 0.15) is 11.8 Å². The molecule has 0 radical (unpaired) electrons. The largest absolute Gasteiger partial charge is 0.494 e. The Kier molecular flexibility index (Phi) is 5.18. The molecular weight excluding hydrogens is 322 g/mol. The maximum absolute atomic E-state index is 9.91. The molecule has 0 saturated carbocycles. The second kappa shape index (κ2) is 7.53. The average molecular weight is 347 g/mol. The van der Waals surface area contributed by atoms with Crippen molar-refractivity contribution < 1.29 is 4.74 Å². The molecule has 0 bridgehead atoms. The smallest absolute Gasteiger partial charge is 0.121 e. The lowest BCUT2D eigenvalue weighted by Crippen LogP contribution is -2.06. The van der Waals surface area contributed by atoms with Crippen LogP contribution >= 0.6 is 0 Å². The van der Waals surface area contributed by atoms with E-state index in [4.69, 9.17) is 4.74 Å². The molecule has 4 nitrogen and oxygen atoms in total. The van der Waals surface area contributed by atoms with E-state index in [-0.39, 0.29) is 6.04 Å². The van der Waals surface area contributed by atoms with Crippen LogP contribution in [-0.2, 0) is 0 Å². The van der Waals surface area contributed by atoms with Gasteiger partial charge in [-0.25, -0.2) is 0 Å². The predicted octanol–water partition coefficient (Wildman–Crippen LogP) is 5.59. The summed E-state index contributed by atoms with van der Waals surface area (Å²) < 4.78 is 7.98. The van der Waals surface area contributed by atoms with Crippen LogP contribution in [0.25, 0.3) is 22.2 Å². The van der Waals surface area contributed by atoms with Crippen LogP contribution in [-0.4, -0.2) is 18.2 Å². The molecule has 0 aliphatic heterocycles. The summed E-state index contributed by atoms with van der Waals surface area (Å²) in [6, 6.07) is 16.9. The van der Waals surface area contributed by atoms with Crippen molar-refractivity contribution in [1.29, 1.82) is 5.26 Å². The van der Waals surface area contributed by atoms with Crippen LogP contribution in [0.2, 0.25) is 0 Å². The first-order valence-corrected chi connectivity index (χ1v) is 9.13. The Hall–Kier alpha value is -2.93. The van der Waals surface area contributed by atoms with Crippen LogP contribution in [0, 0.1) is 11.3 Å². The number of fused-ring (bicyclic) bond motifs is 1. The summed E-state index contributed by atoms with van der Waals surface area (Å²) in [5.74, 6) is 0.837. The minimum Gasteiger partial charge on any atom is -0.494 e. The van der Waals surface area contributed by atoms with Gasteiger partial charge in [0.25, 0.3) is 0 Å². The lowest BCUT2D eigenvalue weighted by Gasteiger charge is -2.18. The highest BCUT2D eigenvalue weighted by Crippen LogP contribution is 2.38. The molecule has 1 unspecified atom stereocenters. The molecular formula is C22H25N3O. The summed E-state index contributed by atoms with van der Waals surface area (Å²) >= 11 is 0. The normalized spacial score (nSPS) is 12.0. The fraction of sp³-hybridized carbons (Fsp3) is 0.318. The quantitative estimate of drug-likeness (QED) is 0.632. The van der Waals surface area contributed by atoms with E-state index < -0.39 is 0 Å². The molecule has 3 rings (SSSR count). The molecule has 0 fully saturated rings. The van der Waals surface area contributed by atoms with E-state index >= 15 is 0 Å². The van der Waals surface area contributed by atoms with Crippen molar-refractivity contribution in [2.75, 3.05) is 19.0 Å². The van der Waals surface area contributed by atoms with Crippen molar-refractivity contribution in [1.82, 2.24) is 4.57 Å². The number of aromatic nitrogens is 1. The van der Waals surface area contributed by atoms with Crippen molar-refractivity contribution in [3.63, 3.8) is 0 Å². The number of rotatable bonds is 6. The van der Waals surface area contributed by atoms with Gasteiger partial charge in [0.15, 0.2) is 0 Å². The Bertz CT molecular complexity index is 948. The van der Waals surface area contributed by atoms with Gasteiger partial charge in [0.2, 0.25) is 0 Å². The van der Waals surface area contributed by atoms with Crippen molar-refractivity contribution >= 4 is 16.6 Å². The Morgan fingerprint density at radius 3 is 2.46 bits per heavy atom. The van der Waals surface area contributed by atoms with E-state index in [1.807, 2.05) is 38.2 Å². The Morgan fingerprint density at radius 1 is 1.15 bits per heavy atom. The number of nitrogens with one attached hydrogen (secondary N) is 1. The third-order valence-electron chi connectivity index (χ3n) is 4.88. The number of anilines is 1. The molecule has 0 spiro atoms. The zero-order valence-corrected chi connectivity index (χ0v) is 15.8. The molecule has 2 aromatic carbocycles. The monoisotopic (exact) mass is 347 g/mol. The number of ether oxygens (including phenoxy) is 1. The van der Waals surface area contributed by atoms with Gasteiger partial charge in [-0.1, -0.05) is 19.1 Å². The second-order valence-corrected chi connectivity index (χ2v) is 6.40. The standard InChI is InChI=1S/C22H25N3O/c1-5-15(3)25-21-13-18(26-6-2)11-12-19(21)20(14-23)22(25)16-7-9-17(24-4)10-8-16/h7-13,15,24H,5-6H2,1-4H3. The van der Waals surface area contributed by atoms with E-state index in [1.165, 1.54) is 0 Å². The first kappa shape index (κ1) is 17.9. The third-order valence-corrected chi connectivity index (χ3v) is 4.88. The topological polar surface area (TPSA) is 50.0 Å². The fourth-order valence-corrected chi connectivity index (χ4v) is 3.38. The van der Waals surface area contributed by atoms with Gasteiger partial charge in [0.05, 0.1) is 23.4 Å². The second-order valence-electron chi connectivity index (χ2n) is 6.40. The molecule has 0 aliphatic rings. The molecule has 1 aromatic heterocycles. The lowest BCUT2D eigenvalue weighted by atomic mass is 10.1. The zero-order chi connectivity index (χ0) is 18.7.